The lowest BCUT2D eigenvalue weighted by atomic mass is 10.1. The van der Waals surface area contributed by atoms with Gasteiger partial charge < -0.3 is 5.11 Å². The minimum Gasteiger partial charge on any atom is -0.481 e. The predicted octanol–water partition coefficient (Wildman–Crippen LogP) is 2.60. The summed E-state index contributed by atoms with van der Waals surface area (Å²) < 4.78 is 40.5. The van der Waals surface area contributed by atoms with Crippen LogP contribution in [-0.2, 0) is 17.5 Å². The molecule has 0 radical (unpaired) electrons. The predicted molar refractivity (Wildman–Crippen MR) is 68.2 cm³/mol. The number of nitrogens with zero attached hydrogens (tertiary/aromatic N) is 4. The largest absolute Gasteiger partial charge is 0.481 e. The van der Waals surface area contributed by atoms with Crippen molar-refractivity contribution in [2.24, 2.45) is 0 Å². The molecule has 0 aliphatic carbocycles. The van der Waals surface area contributed by atoms with Gasteiger partial charge in [0.25, 0.3) is 0 Å². The van der Waals surface area contributed by atoms with E-state index < -0.39 is 17.7 Å². The van der Waals surface area contributed by atoms with E-state index in [1.54, 1.807) is 0 Å². The molecule has 2 rings (SSSR count). The Kier molecular flexibility index (Phi) is 4.26. The second-order valence-corrected chi connectivity index (χ2v) is 4.97. The number of aliphatic carboxylic acids is 1. The number of hydrogen-bond acceptors (Lipinski definition) is 4. The number of tetrazole rings is 1. The van der Waals surface area contributed by atoms with Crippen molar-refractivity contribution in [3.63, 3.8) is 0 Å². The van der Waals surface area contributed by atoms with E-state index in [0.717, 1.165) is 10.7 Å². The zero-order valence-corrected chi connectivity index (χ0v) is 11.9. The number of rotatable bonds is 4. The Morgan fingerprint density at radius 1 is 1.38 bits per heavy atom. The van der Waals surface area contributed by atoms with Gasteiger partial charge in [0.15, 0.2) is 5.82 Å². The summed E-state index contributed by atoms with van der Waals surface area (Å²) in [6, 6.07) is 3.59. The fourth-order valence-corrected chi connectivity index (χ4v) is 2.06. The normalized spacial score (nSPS) is 11.6. The van der Waals surface area contributed by atoms with Gasteiger partial charge >= 0.3 is 12.1 Å². The van der Waals surface area contributed by atoms with Gasteiger partial charge in [-0.05, 0) is 28.6 Å². The molecule has 0 amide bonds. The number of halogens is 4. The molecular weight excluding hydrogens is 357 g/mol. The quantitative estimate of drug-likeness (QED) is 0.901. The second kappa shape index (κ2) is 5.80. The highest BCUT2D eigenvalue weighted by Gasteiger charge is 2.35. The van der Waals surface area contributed by atoms with Crippen molar-refractivity contribution in [3.8, 4) is 11.4 Å². The van der Waals surface area contributed by atoms with Gasteiger partial charge in [-0.2, -0.15) is 13.2 Å². The van der Waals surface area contributed by atoms with Crippen molar-refractivity contribution >= 4 is 21.9 Å². The van der Waals surface area contributed by atoms with Crippen LogP contribution in [0.5, 0.6) is 0 Å². The van der Waals surface area contributed by atoms with Crippen LogP contribution < -0.4 is 0 Å². The SMILES string of the molecule is O=C(O)CCn1nnnc1-c1ccc(Br)cc1C(F)(F)F. The molecular formula is C11H8BrF3N4O2. The summed E-state index contributed by atoms with van der Waals surface area (Å²) in [5.41, 5.74) is -1.11. The first-order chi connectivity index (χ1) is 9.79. The van der Waals surface area contributed by atoms with Crippen LogP contribution in [0, 0.1) is 0 Å². The van der Waals surface area contributed by atoms with Gasteiger partial charge in [0, 0.05) is 10.0 Å². The molecule has 0 spiro atoms. The molecule has 6 nitrogen and oxygen atoms in total. The number of carboxylic acid groups (broad SMARTS) is 1. The van der Waals surface area contributed by atoms with E-state index in [0.29, 0.717) is 0 Å². The van der Waals surface area contributed by atoms with Crippen LogP contribution in [0.4, 0.5) is 13.2 Å². The molecule has 2 aromatic rings. The Morgan fingerprint density at radius 3 is 2.71 bits per heavy atom. The summed E-state index contributed by atoms with van der Waals surface area (Å²) in [4.78, 5) is 10.5. The molecule has 112 valence electrons. The number of benzene rings is 1. The van der Waals surface area contributed by atoms with Gasteiger partial charge in [0.1, 0.15) is 0 Å². The van der Waals surface area contributed by atoms with Crippen molar-refractivity contribution in [3.05, 3.63) is 28.2 Å². The van der Waals surface area contributed by atoms with Crippen molar-refractivity contribution < 1.29 is 23.1 Å². The van der Waals surface area contributed by atoms with Gasteiger partial charge in [-0.1, -0.05) is 15.9 Å². The Bertz CT molecular complexity index is 672. The van der Waals surface area contributed by atoms with Crippen molar-refractivity contribution in [2.45, 2.75) is 19.1 Å². The van der Waals surface area contributed by atoms with Crippen LogP contribution >= 0.6 is 15.9 Å². The molecule has 0 aliphatic rings. The molecule has 0 unspecified atom stereocenters. The summed E-state index contributed by atoms with van der Waals surface area (Å²) in [5.74, 6) is -1.22. The Balaban J connectivity index is 2.48. The first-order valence-corrected chi connectivity index (χ1v) is 6.43. The zero-order valence-electron chi connectivity index (χ0n) is 10.3. The minimum absolute atomic E-state index is 0.120. The molecule has 1 N–H and O–H groups in total. The molecule has 0 atom stereocenters. The van der Waals surface area contributed by atoms with Crippen molar-refractivity contribution in [2.75, 3.05) is 0 Å². The van der Waals surface area contributed by atoms with Gasteiger partial charge in [0.2, 0.25) is 0 Å². The first-order valence-electron chi connectivity index (χ1n) is 5.64. The third-order valence-electron chi connectivity index (χ3n) is 2.60. The van der Waals surface area contributed by atoms with E-state index in [4.69, 9.17) is 5.11 Å². The standard InChI is InChI=1S/C11H8BrF3N4O2/c12-6-1-2-7(8(5-6)11(13,14)15)10-16-17-18-19(10)4-3-9(20)21/h1-2,5H,3-4H2,(H,20,21). The summed E-state index contributed by atoms with van der Waals surface area (Å²) in [5, 5.41) is 19.0. The van der Waals surface area contributed by atoms with Crippen molar-refractivity contribution in [1.82, 2.24) is 20.2 Å². The molecule has 0 saturated carbocycles. The molecule has 0 aliphatic heterocycles. The van der Waals surface area contributed by atoms with Crippen LogP contribution in [0.25, 0.3) is 11.4 Å². The van der Waals surface area contributed by atoms with Gasteiger partial charge in [-0.3, -0.25) is 4.79 Å². The van der Waals surface area contributed by atoms with E-state index in [-0.39, 0.29) is 28.8 Å². The van der Waals surface area contributed by atoms with Crippen LogP contribution in [0.1, 0.15) is 12.0 Å². The molecule has 0 bridgehead atoms. The van der Waals surface area contributed by atoms with Crippen LogP contribution in [0.3, 0.4) is 0 Å². The summed E-state index contributed by atoms with van der Waals surface area (Å²) in [6.45, 7) is -0.120. The zero-order chi connectivity index (χ0) is 15.6. The highest BCUT2D eigenvalue weighted by molar-refractivity contribution is 9.10. The van der Waals surface area contributed by atoms with Gasteiger partial charge in [-0.15, -0.1) is 5.10 Å². The Morgan fingerprint density at radius 2 is 2.10 bits per heavy atom. The van der Waals surface area contributed by atoms with Crippen LogP contribution in [-0.4, -0.2) is 31.3 Å². The van der Waals surface area contributed by atoms with Crippen molar-refractivity contribution in [1.29, 1.82) is 0 Å². The van der Waals surface area contributed by atoms with Gasteiger partial charge in [-0.25, -0.2) is 4.68 Å². The fraction of sp³-hybridized carbons (Fsp3) is 0.273. The number of alkyl halides is 3. The molecule has 0 fully saturated rings. The average Bonchev–Trinajstić information content (AvgIpc) is 2.83. The number of carboxylic acids is 1. The highest BCUT2D eigenvalue weighted by atomic mass is 79.9. The van der Waals surface area contributed by atoms with E-state index in [1.165, 1.54) is 12.1 Å². The Labute approximate surface area is 124 Å². The highest BCUT2D eigenvalue weighted by Crippen LogP contribution is 2.37. The maximum atomic E-state index is 13.1. The number of carbonyl (C=O) groups is 1. The van der Waals surface area contributed by atoms with E-state index in [1.807, 2.05) is 0 Å². The third-order valence-corrected chi connectivity index (χ3v) is 3.09. The van der Waals surface area contributed by atoms with E-state index in [9.17, 15) is 18.0 Å². The molecule has 1 aromatic heterocycles. The molecule has 0 saturated heterocycles. The molecule has 21 heavy (non-hydrogen) atoms. The van der Waals surface area contributed by atoms with Crippen LogP contribution in [0.2, 0.25) is 0 Å². The smallest absolute Gasteiger partial charge is 0.417 e. The van der Waals surface area contributed by atoms with Gasteiger partial charge in [0.05, 0.1) is 18.5 Å². The monoisotopic (exact) mass is 364 g/mol. The number of aryl methyl sites for hydroxylation is 1. The first kappa shape index (κ1) is 15.4. The lowest BCUT2D eigenvalue weighted by molar-refractivity contribution is -0.138. The minimum atomic E-state index is -4.58. The van der Waals surface area contributed by atoms with E-state index in [2.05, 4.69) is 31.5 Å². The number of hydrogen-bond donors (Lipinski definition) is 1. The summed E-state index contributed by atoms with van der Waals surface area (Å²) >= 11 is 2.98. The maximum absolute atomic E-state index is 13.1. The molecule has 1 aromatic carbocycles. The number of aromatic nitrogens is 4. The topological polar surface area (TPSA) is 80.9 Å². The van der Waals surface area contributed by atoms with Crippen LogP contribution in [0.15, 0.2) is 22.7 Å². The third kappa shape index (κ3) is 3.57. The second-order valence-electron chi connectivity index (χ2n) is 4.06. The molecule has 10 heteroatoms. The maximum Gasteiger partial charge on any atom is 0.417 e. The Hall–Kier alpha value is -1.97. The lowest BCUT2D eigenvalue weighted by Gasteiger charge is -2.12. The lowest BCUT2D eigenvalue weighted by Crippen LogP contribution is -2.12. The molecule has 1 heterocycles. The fourth-order valence-electron chi connectivity index (χ4n) is 1.70. The summed E-state index contributed by atoms with van der Waals surface area (Å²) in [7, 11) is 0. The van der Waals surface area contributed by atoms with E-state index >= 15 is 0 Å². The summed E-state index contributed by atoms with van der Waals surface area (Å²) in [6.07, 6.45) is -4.88. The average molecular weight is 365 g/mol.